The van der Waals surface area contributed by atoms with Crippen LogP contribution >= 0.6 is 0 Å². The Bertz CT molecular complexity index is 380. The number of carbonyl (C=O) groups is 1. The van der Waals surface area contributed by atoms with Gasteiger partial charge in [-0.1, -0.05) is 41.5 Å². The molecule has 0 N–H and O–H groups in total. The van der Waals surface area contributed by atoms with E-state index in [4.69, 9.17) is 4.43 Å². The van der Waals surface area contributed by atoms with Gasteiger partial charge in [0, 0.05) is 5.92 Å². The van der Waals surface area contributed by atoms with E-state index in [0.29, 0.717) is 17.6 Å². The van der Waals surface area contributed by atoms with E-state index in [0.717, 1.165) is 12.8 Å². The average Bonchev–Trinajstić information content (AvgIpc) is 2.62. The molecule has 4 atom stereocenters. The van der Waals surface area contributed by atoms with Crippen LogP contribution in [0, 0.1) is 23.2 Å². The highest BCUT2D eigenvalue weighted by atomic mass is 28.4. The van der Waals surface area contributed by atoms with Crippen LogP contribution in [0.1, 0.15) is 60.8 Å². The molecule has 0 heterocycles. The van der Waals surface area contributed by atoms with E-state index in [1.54, 1.807) is 0 Å². The molecular weight excluding hydrogens is 276 g/mol. The summed E-state index contributed by atoms with van der Waals surface area (Å²) in [6.45, 7) is 13.6. The Balaban J connectivity index is 2.22. The zero-order chi connectivity index (χ0) is 15.8. The summed E-state index contributed by atoms with van der Waals surface area (Å²) in [4.78, 5) is 12.9. The number of carbonyl (C=O) groups excluding carboxylic acids is 1. The van der Waals surface area contributed by atoms with Gasteiger partial charge in [-0.2, -0.15) is 0 Å². The lowest BCUT2D eigenvalue weighted by Gasteiger charge is -2.40. The van der Waals surface area contributed by atoms with Crippen molar-refractivity contribution in [1.29, 1.82) is 0 Å². The Morgan fingerprint density at radius 2 is 1.81 bits per heavy atom. The van der Waals surface area contributed by atoms with Crippen molar-refractivity contribution in [3.63, 3.8) is 0 Å². The number of Topliss-reactive ketones (excluding diaryl/α,β-unsaturated/α-hetero) is 1. The SMILES string of the molecule is CC[Si](CC)(CC)OC1C[C@@H]2C(=O)[C@@]1(C)CC[C@@H]2C(C)C. The molecule has 0 amide bonds. The summed E-state index contributed by atoms with van der Waals surface area (Å²) in [6.07, 6.45) is 3.44. The second kappa shape index (κ2) is 6.15. The molecule has 0 radical (unpaired) electrons. The second-order valence-electron chi connectivity index (χ2n) is 7.92. The molecule has 0 aromatic rings. The third-order valence-corrected chi connectivity index (χ3v) is 11.4. The highest BCUT2D eigenvalue weighted by Crippen LogP contribution is 2.54. The Kier molecular flexibility index (Phi) is 5.04. The minimum absolute atomic E-state index is 0.187. The van der Waals surface area contributed by atoms with Crippen LogP contribution in [0.25, 0.3) is 0 Å². The van der Waals surface area contributed by atoms with E-state index in [1.165, 1.54) is 24.6 Å². The second-order valence-corrected chi connectivity index (χ2v) is 12.6. The molecule has 0 aromatic carbocycles. The smallest absolute Gasteiger partial charge is 0.192 e. The first-order chi connectivity index (χ1) is 9.83. The van der Waals surface area contributed by atoms with Crippen molar-refractivity contribution in [2.24, 2.45) is 23.2 Å². The van der Waals surface area contributed by atoms with Crippen LogP contribution in [0.3, 0.4) is 0 Å². The van der Waals surface area contributed by atoms with Crippen molar-refractivity contribution >= 4 is 14.1 Å². The van der Waals surface area contributed by atoms with Crippen LogP contribution in [0.5, 0.6) is 0 Å². The van der Waals surface area contributed by atoms with E-state index in [1.807, 2.05) is 0 Å². The molecule has 21 heavy (non-hydrogen) atoms. The minimum atomic E-state index is -1.62. The lowest BCUT2D eigenvalue weighted by Crippen LogP contribution is -2.46. The van der Waals surface area contributed by atoms with E-state index in [-0.39, 0.29) is 17.4 Å². The van der Waals surface area contributed by atoms with Crippen LogP contribution in [-0.4, -0.2) is 20.2 Å². The van der Waals surface area contributed by atoms with Crippen LogP contribution in [0.15, 0.2) is 0 Å². The number of hydrogen-bond donors (Lipinski definition) is 0. The van der Waals surface area contributed by atoms with E-state index in [2.05, 4.69) is 41.5 Å². The largest absolute Gasteiger partial charge is 0.413 e. The quantitative estimate of drug-likeness (QED) is 0.643. The van der Waals surface area contributed by atoms with Crippen molar-refractivity contribution in [3.8, 4) is 0 Å². The van der Waals surface area contributed by atoms with Gasteiger partial charge in [-0.15, -0.1) is 0 Å². The molecule has 3 heteroatoms. The van der Waals surface area contributed by atoms with Gasteiger partial charge in [0.2, 0.25) is 0 Å². The van der Waals surface area contributed by atoms with Gasteiger partial charge in [0.1, 0.15) is 5.78 Å². The normalized spacial score (nSPS) is 36.5. The molecule has 1 unspecified atom stereocenters. The van der Waals surface area contributed by atoms with Crippen LogP contribution in [0.2, 0.25) is 18.1 Å². The van der Waals surface area contributed by atoms with Gasteiger partial charge in [-0.05, 0) is 49.2 Å². The number of fused-ring (bicyclic) bond motifs is 2. The Hall–Kier alpha value is -0.153. The number of rotatable bonds is 6. The highest BCUT2D eigenvalue weighted by Gasteiger charge is 2.58. The Labute approximate surface area is 132 Å². The summed E-state index contributed by atoms with van der Waals surface area (Å²) >= 11 is 0. The van der Waals surface area contributed by atoms with Gasteiger partial charge in [0.15, 0.2) is 8.32 Å². The fourth-order valence-corrected chi connectivity index (χ4v) is 7.74. The summed E-state index contributed by atoms with van der Waals surface area (Å²) in [5.41, 5.74) is -0.187. The number of ketones is 1. The molecular formula is C18H34O2Si. The van der Waals surface area contributed by atoms with Crippen molar-refractivity contribution in [2.75, 3.05) is 0 Å². The molecule has 0 aromatic heterocycles. The summed E-state index contributed by atoms with van der Waals surface area (Å²) in [5.74, 6) is 1.99. The Morgan fingerprint density at radius 3 is 2.29 bits per heavy atom. The van der Waals surface area contributed by atoms with Crippen molar-refractivity contribution in [1.82, 2.24) is 0 Å². The maximum atomic E-state index is 12.9. The molecule has 0 spiro atoms. The molecule has 2 aliphatic rings. The molecule has 2 saturated carbocycles. The maximum Gasteiger partial charge on any atom is 0.192 e. The van der Waals surface area contributed by atoms with Crippen molar-refractivity contribution in [2.45, 2.75) is 85.0 Å². The van der Waals surface area contributed by atoms with Crippen LogP contribution in [-0.2, 0) is 9.22 Å². The Morgan fingerprint density at radius 1 is 1.24 bits per heavy atom. The number of hydrogen-bond acceptors (Lipinski definition) is 2. The topological polar surface area (TPSA) is 26.3 Å². The van der Waals surface area contributed by atoms with Crippen LogP contribution < -0.4 is 0 Å². The molecule has 2 aliphatic carbocycles. The lowest BCUT2D eigenvalue weighted by molar-refractivity contribution is -0.135. The first-order valence-electron chi connectivity index (χ1n) is 9.05. The maximum absolute atomic E-state index is 12.9. The first-order valence-corrected chi connectivity index (χ1v) is 11.6. The summed E-state index contributed by atoms with van der Waals surface area (Å²) in [7, 11) is -1.62. The van der Waals surface area contributed by atoms with Crippen LogP contribution in [0.4, 0.5) is 0 Å². The first kappa shape index (κ1) is 17.2. The monoisotopic (exact) mass is 310 g/mol. The van der Waals surface area contributed by atoms with Gasteiger partial charge >= 0.3 is 0 Å². The predicted molar refractivity (Wildman–Crippen MR) is 90.9 cm³/mol. The van der Waals surface area contributed by atoms with E-state index in [9.17, 15) is 4.79 Å². The minimum Gasteiger partial charge on any atom is -0.413 e. The fourth-order valence-electron chi connectivity index (χ4n) is 4.78. The molecule has 2 nitrogen and oxygen atoms in total. The molecule has 0 aliphatic heterocycles. The third-order valence-electron chi connectivity index (χ3n) is 6.77. The van der Waals surface area contributed by atoms with E-state index < -0.39 is 8.32 Å². The van der Waals surface area contributed by atoms with Crippen molar-refractivity contribution in [3.05, 3.63) is 0 Å². The summed E-state index contributed by atoms with van der Waals surface area (Å²) in [6, 6.07) is 3.54. The lowest BCUT2D eigenvalue weighted by atomic mass is 9.68. The van der Waals surface area contributed by atoms with Gasteiger partial charge < -0.3 is 4.43 Å². The van der Waals surface area contributed by atoms with Gasteiger partial charge in [0.05, 0.1) is 11.5 Å². The standard InChI is InChI=1S/C18H34O2Si/c1-7-21(8-2,9-3)20-16-12-15-14(13(4)5)10-11-18(16,6)17(15)19/h13-16H,7-12H2,1-6H3/t14-,15+,16?,18+/m1/s1. The summed E-state index contributed by atoms with van der Waals surface area (Å²) < 4.78 is 6.78. The average molecular weight is 311 g/mol. The predicted octanol–water partition coefficient (Wildman–Crippen LogP) is 5.04. The third kappa shape index (κ3) is 2.76. The highest BCUT2D eigenvalue weighted by molar-refractivity contribution is 6.73. The molecule has 2 rings (SSSR count). The molecule has 2 fully saturated rings. The summed E-state index contributed by atoms with van der Waals surface area (Å²) in [5, 5.41) is 0. The molecule has 0 saturated heterocycles. The zero-order valence-electron chi connectivity index (χ0n) is 14.9. The van der Waals surface area contributed by atoms with Gasteiger partial charge in [0.25, 0.3) is 0 Å². The zero-order valence-corrected chi connectivity index (χ0v) is 15.9. The van der Waals surface area contributed by atoms with Gasteiger partial charge in [-0.25, -0.2) is 0 Å². The molecule has 122 valence electrons. The van der Waals surface area contributed by atoms with Gasteiger partial charge in [-0.3, -0.25) is 4.79 Å². The van der Waals surface area contributed by atoms with E-state index >= 15 is 0 Å². The van der Waals surface area contributed by atoms with Crippen molar-refractivity contribution < 1.29 is 9.22 Å². The fraction of sp³-hybridized carbons (Fsp3) is 0.944. The molecule has 2 bridgehead atoms.